The molecular formula is C101H113N15O9. The van der Waals surface area contributed by atoms with Crippen molar-refractivity contribution in [2.75, 3.05) is 19.8 Å². The highest BCUT2D eigenvalue weighted by atomic mass is 16.5. The summed E-state index contributed by atoms with van der Waals surface area (Å²) in [5.41, 5.74) is 20.5. The number of amides is 1. The molecule has 4 N–H and O–H groups in total. The molecule has 0 aliphatic rings. The largest absolute Gasteiger partial charge is 0.508 e. The van der Waals surface area contributed by atoms with Crippen LogP contribution in [0.5, 0.6) is 17.2 Å². The highest BCUT2D eigenvalue weighted by Gasteiger charge is 2.19. The molecular weight excluding hydrogens is 1570 g/mol. The minimum Gasteiger partial charge on any atom is -0.508 e. The average molecular weight is 1680 g/mol. The number of benzene rings is 4. The van der Waals surface area contributed by atoms with E-state index in [2.05, 4.69) is 156 Å². The second kappa shape index (κ2) is 47.8. The molecule has 24 nitrogen and oxygen atoms in total. The first-order valence-corrected chi connectivity index (χ1v) is 41.7. The molecule has 4 aromatic carbocycles. The molecule has 24 heteroatoms. The van der Waals surface area contributed by atoms with E-state index in [9.17, 15) is 24.3 Å². The minimum atomic E-state index is -0.937. The van der Waals surface area contributed by atoms with E-state index in [-0.39, 0.29) is 36.1 Å². The number of aryl methyl sites for hydroxylation is 11. The first kappa shape index (κ1) is 94.5. The number of aliphatic carboxylic acids is 1. The minimum absolute atomic E-state index is 0.153. The first-order valence-electron chi connectivity index (χ1n) is 41.7. The Labute approximate surface area is 733 Å². The number of para-hydroxylation sites is 3. The molecule has 0 bridgehead atoms. The Morgan fingerprint density at radius 3 is 1.06 bits per heavy atom. The van der Waals surface area contributed by atoms with Crippen molar-refractivity contribution in [2.24, 2.45) is 11.8 Å². The van der Waals surface area contributed by atoms with E-state index in [1.165, 1.54) is 29.6 Å². The lowest BCUT2D eigenvalue weighted by Crippen LogP contribution is -2.23. The molecule has 10 aromatic heterocycles. The van der Waals surface area contributed by atoms with Gasteiger partial charge in [0.2, 0.25) is 0 Å². The van der Waals surface area contributed by atoms with Crippen LogP contribution in [0.2, 0.25) is 0 Å². The van der Waals surface area contributed by atoms with E-state index < -0.39 is 11.9 Å². The van der Waals surface area contributed by atoms with Gasteiger partial charge in [-0.3, -0.25) is 39.5 Å². The number of rotatable bonds is 29. The van der Waals surface area contributed by atoms with Crippen LogP contribution in [0, 0.1) is 100 Å². The molecule has 0 aliphatic carbocycles. The maximum atomic E-state index is 11.3. The molecule has 14 aromatic rings. The summed E-state index contributed by atoms with van der Waals surface area (Å²) >= 11 is 0. The number of ether oxygens (including phenoxy) is 2. The lowest BCUT2D eigenvalue weighted by Gasteiger charge is -2.15. The van der Waals surface area contributed by atoms with Crippen LogP contribution in [-0.2, 0) is 35.8 Å². The highest BCUT2D eigenvalue weighted by molar-refractivity contribution is 5.94. The number of phenolic OH excluding ortho intramolecular Hbond substituents is 1. The van der Waals surface area contributed by atoms with Gasteiger partial charge in [-0.05, 0) is 223 Å². The maximum absolute atomic E-state index is 11.3. The lowest BCUT2D eigenvalue weighted by atomic mass is 10.00. The van der Waals surface area contributed by atoms with Gasteiger partial charge < -0.3 is 53.2 Å². The number of ketones is 1. The molecule has 0 fully saturated rings. The van der Waals surface area contributed by atoms with Gasteiger partial charge in [-0.15, -0.1) is 6.42 Å². The smallest absolute Gasteiger partial charge is 0.337 e. The van der Waals surface area contributed by atoms with E-state index in [0.29, 0.717) is 56.5 Å². The van der Waals surface area contributed by atoms with Crippen molar-refractivity contribution in [2.45, 2.75) is 162 Å². The fourth-order valence-corrected chi connectivity index (χ4v) is 13.3. The number of hydrogen-bond donors (Lipinski definition) is 4. The fourth-order valence-electron chi connectivity index (χ4n) is 13.3. The predicted octanol–water partition coefficient (Wildman–Crippen LogP) is 19.3. The standard InChI is InChI=1S/C25H31N3O2.C24H29N3O3.C18H19N3.C17H17N3O.C10H10N2O.C7H7NO2/c1-18(14-21(4)29)8-7-13-30-24-10-6-5-9-23(24)17-28-20(3)15-27-25(28)22-12-11-19(2)26-16-22;1-17(13-23(28)29)7-6-12-30-22-9-5-4-8-21(22)16-27-19(3)14-26-24(27)20-11-10-18(2)25-15-20;1-13-6-4-5-7-17(13)12-21-15(3)10-20-18(21)16-9-8-14(2)19-11-16;1-12-7-8-14(10-18-12)17-19-9-13(2)20(17)11-15-5-3-4-6-16(15)21;1-3-6-11-10(13)9-5-4-8(2)12-7-9;1-5-2-3-6(4-8-5)7(9)10/h5-6,9-12,15-16,18H,7-8,13-14,17H2,1-4H3;4-5,8-11,14-15,17H,6-7,12-13,16H2,1-3H3,(H,28,29);4-11H,12H2,1-3H3;3-10,21H,11H2,1-2H3;1,4-5,7H,6H2,2H3,(H,11,13);2-4H,1H3,(H,9,10)/t18-;17-;;;;/m11..../s1. The summed E-state index contributed by atoms with van der Waals surface area (Å²) in [6.07, 6.45) is 27.3. The molecule has 646 valence electrons. The Balaban J connectivity index is 0.000000175. The fraction of sp³-hybridized carbons (Fsp3) is 0.287. The highest BCUT2D eigenvalue weighted by Crippen LogP contribution is 2.30. The number of carbonyl (C=O) groups is 4. The predicted molar refractivity (Wildman–Crippen MR) is 490 cm³/mol. The zero-order valence-electron chi connectivity index (χ0n) is 73.9. The Morgan fingerprint density at radius 1 is 0.392 bits per heavy atom. The zero-order valence-corrected chi connectivity index (χ0v) is 73.9. The van der Waals surface area contributed by atoms with Crippen molar-refractivity contribution in [3.63, 3.8) is 0 Å². The number of Topliss-reactive ketones (excluding diaryl/α,β-unsaturated/α-hetero) is 1. The van der Waals surface area contributed by atoms with Crippen molar-refractivity contribution in [1.82, 2.24) is 73.4 Å². The lowest BCUT2D eigenvalue weighted by molar-refractivity contribution is -0.138. The van der Waals surface area contributed by atoms with Crippen LogP contribution in [-0.4, -0.2) is 127 Å². The van der Waals surface area contributed by atoms with E-state index >= 15 is 0 Å². The van der Waals surface area contributed by atoms with Gasteiger partial charge in [0.1, 0.15) is 46.3 Å². The summed E-state index contributed by atoms with van der Waals surface area (Å²) in [6.45, 7) is 31.9. The number of hydrogen-bond acceptors (Lipinski definition) is 17. The topological polar surface area (TPSA) is 308 Å². The Morgan fingerprint density at radius 2 is 0.720 bits per heavy atom. The first-order chi connectivity index (χ1) is 60.1. The summed E-state index contributed by atoms with van der Waals surface area (Å²) in [7, 11) is 0. The van der Waals surface area contributed by atoms with Gasteiger partial charge in [0, 0.05) is 177 Å². The number of carboxylic acid groups (broad SMARTS) is 2. The summed E-state index contributed by atoms with van der Waals surface area (Å²) in [4.78, 5) is 87.2. The van der Waals surface area contributed by atoms with Gasteiger partial charge in [0.25, 0.3) is 5.91 Å². The Kier molecular flexibility index (Phi) is 36.1. The normalized spacial score (nSPS) is 11.0. The van der Waals surface area contributed by atoms with Crippen molar-refractivity contribution in [1.29, 1.82) is 0 Å². The van der Waals surface area contributed by atoms with Gasteiger partial charge in [0.15, 0.2) is 0 Å². The zero-order chi connectivity index (χ0) is 89.9. The van der Waals surface area contributed by atoms with E-state index in [4.69, 9.17) is 26.1 Å². The number of aromatic carboxylic acids is 1. The average Bonchev–Trinajstić information content (AvgIpc) is 1.64. The van der Waals surface area contributed by atoms with Crippen LogP contribution < -0.4 is 14.8 Å². The van der Waals surface area contributed by atoms with E-state index in [1.54, 1.807) is 31.2 Å². The third kappa shape index (κ3) is 29.5. The molecule has 14 rings (SSSR count). The quantitative estimate of drug-likeness (QED) is 0.0250. The monoisotopic (exact) mass is 1680 g/mol. The SMILES string of the molecule is C#CCNC(=O)c1ccc(C)nc1.CC(=O)C[C@H](C)CCCOc1ccccc1Cn1c(C)cnc1-c1ccc(C)nc1.Cc1ccc(-c2ncc(C)n2Cc2ccccc2C)cn1.Cc1ccc(-c2ncc(C)n2Cc2ccccc2O)cn1.Cc1ccc(-c2ncc(C)n2Cc2ccccc2OCCC[C@@H](C)CC(=O)O)cn1.Cc1ccc(C(=O)O)cn1. The van der Waals surface area contributed by atoms with Crippen LogP contribution in [0.25, 0.3) is 45.6 Å². The van der Waals surface area contributed by atoms with Crippen LogP contribution in [0.3, 0.4) is 0 Å². The van der Waals surface area contributed by atoms with Crippen LogP contribution in [0.15, 0.2) is 232 Å². The van der Waals surface area contributed by atoms with Crippen LogP contribution >= 0.6 is 0 Å². The summed E-state index contributed by atoms with van der Waals surface area (Å²) in [6, 6.07) is 55.0. The molecule has 0 saturated heterocycles. The molecule has 0 radical (unpaired) electrons. The van der Waals surface area contributed by atoms with Crippen molar-refractivity contribution < 1.29 is 44.0 Å². The molecule has 0 saturated carbocycles. The van der Waals surface area contributed by atoms with Crippen LogP contribution in [0.4, 0.5) is 0 Å². The number of aromatic hydroxyl groups is 1. The van der Waals surface area contributed by atoms with E-state index in [0.717, 1.165) is 163 Å². The second-order valence-electron chi connectivity index (χ2n) is 31.0. The molecule has 2 atom stereocenters. The molecule has 0 aliphatic heterocycles. The summed E-state index contributed by atoms with van der Waals surface area (Å²) in [5, 5.41) is 29.8. The van der Waals surface area contributed by atoms with Gasteiger partial charge in [-0.25, -0.2) is 24.7 Å². The van der Waals surface area contributed by atoms with Crippen molar-refractivity contribution in [3.05, 3.63) is 328 Å². The van der Waals surface area contributed by atoms with Crippen molar-refractivity contribution in [3.8, 4) is 75.1 Å². The molecule has 0 unspecified atom stereocenters. The van der Waals surface area contributed by atoms with Crippen LogP contribution in [0.1, 0.15) is 165 Å². The number of nitrogens with zero attached hydrogens (tertiary/aromatic N) is 14. The number of terminal acetylenes is 1. The van der Waals surface area contributed by atoms with Gasteiger partial charge in [-0.2, -0.15) is 0 Å². The molecule has 125 heavy (non-hydrogen) atoms. The Bertz CT molecular complexity index is 5540. The third-order valence-electron chi connectivity index (χ3n) is 20.5. The van der Waals surface area contributed by atoms with Gasteiger partial charge in [0.05, 0.1) is 50.5 Å². The molecule has 1 amide bonds. The number of aromatic nitrogens is 14. The molecule has 10 heterocycles. The maximum Gasteiger partial charge on any atom is 0.337 e. The van der Waals surface area contributed by atoms with Gasteiger partial charge >= 0.3 is 11.9 Å². The third-order valence-corrected chi connectivity index (χ3v) is 20.5. The van der Waals surface area contributed by atoms with Crippen molar-refractivity contribution >= 4 is 23.6 Å². The molecule has 0 spiro atoms. The number of carboxylic acids is 2. The van der Waals surface area contributed by atoms with Gasteiger partial charge in [-0.1, -0.05) is 98.6 Å². The number of pyridine rings is 6. The summed E-state index contributed by atoms with van der Waals surface area (Å²) in [5.74, 6) is 6.96. The number of carbonyl (C=O) groups excluding carboxylic acids is 2. The van der Waals surface area contributed by atoms with E-state index in [1.807, 2.05) is 203 Å². The second-order valence-corrected chi connectivity index (χ2v) is 31.0. The Hall–Kier alpha value is -14.3. The number of phenols is 1. The number of nitrogens with one attached hydrogen (secondary N) is 1. The summed E-state index contributed by atoms with van der Waals surface area (Å²) < 4.78 is 20.9. The number of imidazole rings is 4.